The fourth-order valence-corrected chi connectivity index (χ4v) is 4.15. The maximum Gasteiger partial charge on any atom is 0.0380 e. The number of unbranched alkanes of at least 4 members (excludes halogenated alkanes) is 1. The summed E-state index contributed by atoms with van der Waals surface area (Å²) < 4.78 is 0. The Morgan fingerprint density at radius 3 is 2.06 bits per heavy atom. The minimum absolute atomic E-state index is 0.259. The molecule has 1 aliphatic heterocycles. The van der Waals surface area contributed by atoms with E-state index in [0.29, 0.717) is 11.8 Å². The van der Waals surface area contributed by atoms with E-state index in [0.717, 1.165) is 11.8 Å². The summed E-state index contributed by atoms with van der Waals surface area (Å²) in [6, 6.07) is 0. The Kier molecular flexibility index (Phi) is 4.91. The summed E-state index contributed by atoms with van der Waals surface area (Å²) in [6.07, 6.45) is 2.54. The molecule has 106 valence electrons. The van der Waals surface area contributed by atoms with E-state index >= 15 is 0 Å². The van der Waals surface area contributed by atoms with Crippen molar-refractivity contribution in [3.05, 3.63) is 12.3 Å². The molecule has 18 heavy (non-hydrogen) atoms. The number of likely N-dealkylation sites (tertiary alicyclic amines) is 1. The molecule has 0 saturated carbocycles. The van der Waals surface area contributed by atoms with Crippen LogP contribution in [0.25, 0.3) is 0 Å². The lowest BCUT2D eigenvalue weighted by Crippen LogP contribution is -2.44. The van der Waals surface area contributed by atoms with Gasteiger partial charge in [0.05, 0.1) is 0 Å². The van der Waals surface area contributed by atoms with E-state index in [1.165, 1.54) is 25.1 Å². The molecule has 2 atom stereocenters. The van der Waals surface area contributed by atoms with Crippen LogP contribution in [0.1, 0.15) is 61.3 Å². The molecule has 0 N–H and O–H groups in total. The Balaban J connectivity index is 3.05. The second-order valence-electron chi connectivity index (χ2n) is 7.19. The minimum Gasteiger partial charge on any atom is -0.370 e. The van der Waals surface area contributed by atoms with Gasteiger partial charge < -0.3 is 4.90 Å². The molecule has 1 saturated heterocycles. The standard InChI is InChI=1S/C17H33N/c1-9-10-11-18-14(6)15(12(2)3)16(13(4)5)17(18,7)8/h12-13,15-16H,6,9-11H2,1-5,7-8H3. The summed E-state index contributed by atoms with van der Waals surface area (Å²) in [6.45, 7) is 22.2. The van der Waals surface area contributed by atoms with Gasteiger partial charge in [0.1, 0.15) is 0 Å². The monoisotopic (exact) mass is 251 g/mol. The molecule has 1 nitrogen and oxygen atoms in total. The largest absolute Gasteiger partial charge is 0.370 e. The summed E-state index contributed by atoms with van der Waals surface area (Å²) in [5.74, 6) is 2.78. The Labute approximate surface area is 115 Å². The molecular formula is C17H33N. The van der Waals surface area contributed by atoms with Crippen molar-refractivity contribution < 1.29 is 0 Å². The van der Waals surface area contributed by atoms with E-state index < -0.39 is 0 Å². The minimum atomic E-state index is 0.259. The molecule has 1 aliphatic rings. The van der Waals surface area contributed by atoms with Gasteiger partial charge in [-0.05, 0) is 38.0 Å². The highest BCUT2D eigenvalue weighted by molar-refractivity contribution is 5.19. The van der Waals surface area contributed by atoms with Crippen LogP contribution in [0.5, 0.6) is 0 Å². The van der Waals surface area contributed by atoms with Gasteiger partial charge in [0, 0.05) is 23.7 Å². The van der Waals surface area contributed by atoms with Crippen LogP contribution in [-0.2, 0) is 0 Å². The van der Waals surface area contributed by atoms with Crippen molar-refractivity contribution in [2.24, 2.45) is 23.7 Å². The lowest BCUT2D eigenvalue weighted by atomic mass is 9.71. The van der Waals surface area contributed by atoms with E-state index in [4.69, 9.17) is 0 Å². The molecule has 1 fully saturated rings. The zero-order valence-electron chi connectivity index (χ0n) is 13.6. The summed E-state index contributed by atoms with van der Waals surface area (Å²) in [5.41, 5.74) is 1.65. The molecule has 2 unspecified atom stereocenters. The summed E-state index contributed by atoms with van der Waals surface area (Å²) in [5, 5.41) is 0. The van der Waals surface area contributed by atoms with E-state index in [9.17, 15) is 0 Å². The zero-order valence-corrected chi connectivity index (χ0v) is 13.6. The normalized spacial score (nSPS) is 27.6. The Morgan fingerprint density at radius 2 is 1.72 bits per heavy atom. The van der Waals surface area contributed by atoms with Gasteiger partial charge >= 0.3 is 0 Å². The molecule has 1 heteroatoms. The van der Waals surface area contributed by atoms with Crippen LogP contribution >= 0.6 is 0 Å². The van der Waals surface area contributed by atoms with Crippen molar-refractivity contribution in [2.75, 3.05) is 6.54 Å². The summed E-state index contributed by atoms with van der Waals surface area (Å²) in [7, 11) is 0. The highest BCUT2D eigenvalue weighted by Crippen LogP contribution is 2.50. The topological polar surface area (TPSA) is 3.24 Å². The van der Waals surface area contributed by atoms with Crippen molar-refractivity contribution in [1.29, 1.82) is 0 Å². The SMILES string of the molecule is C=C1C(C(C)C)C(C(C)C)C(C)(C)N1CCCC. The van der Waals surface area contributed by atoms with Crippen LogP contribution in [0.4, 0.5) is 0 Å². The number of hydrogen-bond acceptors (Lipinski definition) is 1. The molecule has 0 spiro atoms. The highest BCUT2D eigenvalue weighted by atomic mass is 15.2. The second kappa shape index (κ2) is 5.67. The first-order valence-electron chi connectivity index (χ1n) is 7.71. The molecule has 0 aromatic heterocycles. The predicted octanol–water partition coefficient (Wildman–Crippen LogP) is 4.94. The Morgan fingerprint density at radius 1 is 1.17 bits per heavy atom. The van der Waals surface area contributed by atoms with Gasteiger partial charge in [-0.3, -0.25) is 0 Å². The van der Waals surface area contributed by atoms with Crippen LogP contribution in [0.15, 0.2) is 12.3 Å². The maximum absolute atomic E-state index is 4.45. The van der Waals surface area contributed by atoms with E-state index in [1.54, 1.807) is 0 Å². The van der Waals surface area contributed by atoms with Gasteiger partial charge in [-0.1, -0.05) is 47.6 Å². The molecule has 0 aromatic rings. The van der Waals surface area contributed by atoms with Crippen LogP contribution in [-0.4, -0.2) is 17.0 Å². The van der Waals surface area contributed by atoms with Crippen molar-refractivity contribution in [3.8, 4) is 0 Å². The molecule has 0 bridgehead atoms. The van der Waals surface area contributed by atoms with Crippen LogP contribution in [0, 0.1) is 23.7 Å². The van der Waals surface area contributed by atoms with Gasteiger partial charge in [0.15, 0.2) is 0 Å². The summed E-state index contributed by atoms with van der Waals surface area (Å²) >= 11 is 0. The molecule has 0 radical (unpaired) electrons. The molecule has 0 aliphatic carbocycles. The quantitative estimate of drug-likeness (QED) is 0.669. The molecule has 0 aromatic carbocycles. The lowest BCUT2D eigenvalue weighted by molar-refractivity contribution is 0.112. The average Bonchev–Trinajstić information content (AvgIpc) is 2.43. The maximum atomic E-state index is 4.45. The first kappa shape index (κ1) is 15.6. The van der Waals surface area contributed by atoms with Crippen LogP contribution < -0.4 is 0 Å². The molecule has 1 rings (SSSR count). The van der Waals surface area contributed by atoms with Crippen molar-refractivity contribution in [3.63, 3.8) is 0 Å². The van der Waals surface area contributed by atoms with Crippen molar-refractivity contribution >= 4 is 0 Å². The molecular weight excluding hydrogens is 218 g/mol. The van der Waals surface area contributed by atoms with Gasteiger partial charge in [-0.25, -0.2) is 0 Å². The average molecular weight is 251 g/mol. The Bertz CT molecular complexity index is 288. The smallest absolute Gasteiger partial charge is 0.0380 e. The van der Waals surface area contributed by atoms with E-state index in [1.807, 2.05) is 0 Å². The molecule has 1 heterocycles. The third-order valence-corrected chi connectivity index (χ3v) is 4.80. The summed E-state index contributed by atoms with van der Waals surface area (Å²) in [4.78, 5) is 2.60. The number of rotatable bonds is 5. The predicted molar refractivity (Wildman–Crippen MR) is 81.5 cm³/mol. The van der Waals surface area contributed by atoms with Crippen LogP contribution in [0.2, 0.25) is 0 Å². The fraction of sp³-hybridized carbons (Fsp3) is 0.882. The Hall–Kier alpha value is -0.460. The number of nitrogens with zero attached hydrogens (tertiary/aromatic N) is 1. The van der Waals surface area contributed by atoms with Crippen molar-refractivity contribution in [1.82, 2.24) is 4.90 Å². The van der Waals surface area contributed by atoms with E-state index in [-0.39, 0.29) is 5.54 Å². The highest BCUT2D eigenvalue weighted by Gasteiger charge is 2.51. The zero-order chi connectivity index (χ0) is 14.1. The first-order valence-corrected chi connectivity index (χ1v) is 7.71. The van der Waals surface area contributed by atoms with E-state index in [2.05, 4.69) is 59.9 Å². The number of hydrogen-bond donors (Lipinski definition) is 0. The third kappa shape index (κ3) is 2.60. The van der Waals surface area contributed by atoms with Gasteiger partial charge in [0.2, 0.25) is 0 Å². The molecule has 0 amide bonds. The van der Waals surface area contributed by atoms with Gasteiger partial charge in [-0.15, -0.1) is 0 Å². The lowest BCUT2D eigenvalue weighted by Gasteiger charge is -2.40. The van der Waals surface area contributed by atoms with Crippen LogP contribution in [0.3, 0.4) is 0 Å². The third-order valence-electron chi connectivity index (χ3n) is 4.80. The van der Waals surface area contributed by atoms with Gasteiger partial charge in [0.25, 0.3) is 0 Å². The second-order valence-corrected chi connectivity index (χ2v) is 7.19. The van der Waals surface area contributed by atoms with Gasteiger partial charge in [-0.2, -0.15) is 0 Å². The van der Waals surface area contributed by atoms with Crippen molar-refractivity contribution in [2.45, 2.75) is 66.8 Å². The number of allylic oxidation sites excluding steroid dienone is 1. The first-order chi connectivity index (χ1) is 8.25. The fourth-order valence-electron chi connectivity index (χ4n) is 4.15.